The molecule has 0 bridgehead atoms. The van der Waals surface area contributed by atoms with Crippen molar-refractivity contribution in [3.63, 3.8) is 0 Å². The third-order valence-electron chi connectivity index (χ3n) is 5.88. The van der Waals surface area contributed by atoms with Crippen molar-refractivity contribution in [2.75, 3.05) is 26.9 Å². The van der Waals surface area contributed by atoms with E-state index in [4.69, 9.17) is 9.47 Å². The monoisotopic (exact) mass is 977 g/mol. The van der Waals surface area contributed by atoms with E-state index in [1.807, 2.05) is 0 Å². The maximum atomic E-state index is 5.10. The van der Waals surface area contributed by atoms with Crippen LogP contribution in [-0.2, 0) is 9.47 Å². The van der Waals surface area contributed by atoms with Gasteiger partial charge in [-0.2, -0.15) is 51.4 Å². The molecule has 3 heteroatoms. The van der Waals surface area contributed by atoms with Gasteiger partial charge in [-0.1, -0.05) is 217 Å². The molecule has 0 radical (unpaired) electrons. The van der Waals surface area contributed by atoms with E-state index in [0.29, 0.717) is 6.61 Å². The Hall–Kier alpha value is 0.972. The van der Waals surface area contributed by atoms with E-state index in [2.05, 4.69) is 143 Å². The van der Waals surface area contributed by atoms with E-state index in [9.17, 15) is 0 Å². The zero-order valence-electron chi connectivity index (χ0n) is 34.7. The molecule has 0 amide bonds. The first-order valence-corrected chi connectivity index (χ1v) is 18.8. The van der Waals surface area contributed by atoms with Gasteiger partial charge in [-0.05, 0) is 6.42 Å². The molecule has 0 fully saturated rings. The van der Waals surface area contributed by atoms with Gasteiger partial charge in [0.25, 0.3) is 0 Å². The molecule has 0 aromatic carbocycles. The van der Waals surface area contributed by atoms with Gasteiger partial charge in [0.1, 0.15) is 0 Å². The van der Waals surface area contributed by atoms with E-state index in [0.717, 1.165) is 67.0 Å². The SMILES string of the molecule is C.C.C.C.C.C.C.CC(C)C[CH-]CC(C)C.CC(C)C[CH-]CC(C)C.CC(C)C[CH-]CC(C)C.CC(C)C[CH-]CC(C)C.CCCOCCOC.[U+4]. The second-order valence-corrected chi connectivity index (χ2v) is 15.8. The summed E-state index contributed by atoms with van der Waals surface area (Å²) in [7, 11) is 1.68. The largest absolute Gasteiger partial charge is 4.00 e. The molecule has 0 heterocycles. The summed E-state index contributed by atoms with van der Waals surface area (Å²) in [5.41, 5.74) is 0. The van der Waals surface area contributed by atoms with Gasteiger partial charge in [-0.15, -0.1) is 0 Å². The molecule has 330 valence electrons. The summed E-state index contributed by atoms with van der Waals surface area (Å²) >= 11 is 0. The molecule has 0 aromatic rings. The maximum Gasteiger partial charge on any atom is 4.00 e. The third-order valence-corrected chi connectivity index (χ3v) is 5.88. The number of hydrogen-bond donors (Lipinski definition) is 0. The molecule has 0 aliphatic heterocycles. The van der Waals surface area contributed by atoms with Crippen molar-refractivity contribution in [3.8, 4) is 0 Å². The fourth-order valence-electron chi connectivity index (χ4n) is 3.44. The van der Waals surface area contributed by atoms with E-state index in [1.165, 1.54) is 51.4 Å². The maximum absolute atomic E-state index is 5.10. The number of ether oxygens (including phenoxy) is 2. The van der Waals surface area contributed by atoms with Gasteiger partial charge in [-0.25, -0.2) is 0 Å². The van der Waals surface area contributed by atoms with Crippen LogP contribution in [0.25, 0.3) is 0 Å². The minimum absolute atomic E-state index is 0. The Bertz CT molecular complexity index is 346. The number of hydrogen-bond acceptors (Lipinski definition) is 2. The fraction of sp³-hybridized carbons (Fsp3) is 0.918. The Kier molecular flexibility index (Phi) is 126. The van der Waals surface area contributed by atoms with Crippen molar-refractivity contribution in [1.29, 1.82) is 0 Å². The topological polar surface area (TPSA) is 18.5 Å². The average molecular weight is 978 g/mol. The normalized spacial score (nSPS) is 9.35. The Labute approximate surface area is 365 Å². The summed E-state index contributed by atoms with van der Waals surface area (Å²) in [5.74, 6) is 6.69. The van der Waals surface area contributed by atoms with Crippen molar-refractivity contribution >= 4 is 0 Å². The third kappa shape index (κ3) is 142. The minimum atomic E-state index is 0. The first-order chi connectivity index (χ1) is 20.4. The van der Waals surface area contributed by atoms with Crippen LogP contribution in [0.5, 0.6) is 0 Å². The van der Waals surface area contributed by atoms with Crippen LogP contribution < -0.4 is 0 Å². The average Bonchev–Trinajstić information content (AvgIpc) is 2.86. The first kappa shape index (κ1) is 89.6. The van der Waals surface area contributed by atoms with Crippen LogP contribution in [0.15, 0.2) is 0 Å². The molecule has 0 unspecified atom stereocenters. The van der Waals surface area contributed by atoms with Gasteiger partial charge in [0.05, 0.1) is 13.2 Å². The molecule has 0 aliphatic rings. The van der Waals surface area contributed by atoms with Crippen molar-refractivity contribution in [2.24, 2.45) is 47.3 Å². The van der Waals surface area contributed by atoms with Gasteiger partial charge >= 0.3 is 31.1 Å². The predicted molar refractivity (Wildman–Crippen MR) is 253 cm³/mol. The Morgan fingerprint density at radius 1 is 0.327 bits per heavy atom. The molecule has 2 nitrogen and oxygen atoms in total. The Balaban J connectivity index is -0.0000000320. The van der Waals surface area contributed by atoms with Crippen LogP contribution in [0.1, 0.15) is 227 Å². The van der Waals surface area contributed by atoms with Crippen molar-refractivity contribution in [3.05, 3.63) is 25.7 Å². The summed E-state index contributed by atoms with van der Waals surface area (Å²) < 4.78 is 9.86. The van der Waals surface area contributed by atoms with Crippen LogP contribution in [-0.4, -0.2) is 26.9 Å². The molecule has 52 heavy (non-hydrogen) atoms. The summed E-state index contributed by atoms with van der Waals surface area (Å²) in [6, 6.07) is 0. The first-order valence-electron chi connectivity index (χ1n) is 18.8. The molecule has 0 N–H and O–H groups in total. The molecular formula is C49H118O2U. The number of methoxy groups -OCH3 is 1. The van der Waals surface area contributed by atoms with Gasteiger partial charge in [0, 0.05) is 13.7 Å². The van der Waals surface area contributed by atoms with Crippen molar-refractivity contribution in [1.82, 2.24) is 0 Å². The molecule has 0 saturated carbocycles. The zero-order chi connectivity index (χ0) is 35.3. The van der Waals surface area contributed by atoms with E-state index in [-0.39, 0.29) is 83.1 Å². The molecule has 0 aliphatic carbocycles. The molecule has 0 aromatic heterocycles. The minimum Gasteiger partial charge on any atom is -0.382 e. The van der Waals surface area contributed by atoms with Crippen LogP contribution in [0.4, 0.5) is 0 Å². The van der Waals surface area contributed by atoms with Crippen LogP contribution in [0.3, 0.4) is 0 Å². The summed E-state index contributed by atoms with van der Waals surface area (Å²) in [6.07, 6.45) is 20.9. The summed E-state index contributed by atoms with van der Waals surface area (Å²) in [4.78, 5) is 0. The van der Waals surface area contributed by atoms with Crippen molar-refractivity contribution < 1.29 is 40.6 Å². The standard InChI is InChI=1S/4C9H19.C6H14O2.7CH4.U/c4*1-8(2)6-5-7-9(3)4;1-3-4-8-6-5-7-2;;;;;;;;/h4*5,8-9H,6-7H2,1-4H3;3-6H2,1-2H3;7*1H4;/q4*-1;;;;;;;;;+4. The predicted octanol–water partition coefficient (Wildman–Crippen LogP) is 18.6. The summed E-state index contributed by atoms with van der Waals surface area (Å²) in [6.45, 7) is 40.5. The van der Waals surface area contributed by atoms with Crippen LogP contribution >= 0.6 is 0 Å². The summed E-state index contributed by atoms with van der Waals surface area (Å²) in [5, 5.41) is 0. The quantitative estimate of drug-likeness (QED) is 0.0843. The van der Waals surface area contributed by atoms with E-state index >= 15 is 0 Å². The van der Waals surface area contributed by atoms with Crippen molar-refractivity contribution in [2.45, 2.75) is 227 Å². The fourth-order valence-corrected chi connectivity index (χ4v) is 3.44. The van der Waals surface area contributed by atoms with Gasteiger partial charge in [-0.3, -0.25) is 0 Å². The molecule has 0 spiro atoms. The van der Waals surface area contributed by atoms with E-state index < -0.39 is 0 Å². The smallest absolute Gasteiger partial charge is 0.382 e. The molecule has 0 rings (SSSR count). The van der Waals surface area contributed by atoms with Gasteiger partial charge in [0.15, 0.2) is 0 Å². The van der Waals surface area contributed by atoms with E-state index in [1.54, 1.807) is 7.11 Å². The zero-order valence-corrected chi connectivity index (χ0v) is 38.9. The van der Waals surface area contributed by atoms with Gasteiger partial charge < -0.3 is 35.2 Å². The second-order valence-electron chi connectivity index (χ2n) is 15.8. The van der Waals surface area contributed by atoms with Crippen LogP contribution in [0, 0.1) is 104 Å². The Morgan fingerprint density at radius 3 is 0.615 bits per heavy atom. The Morgan fingerprint density at radius 2 is 0.500 bits per heavy atom. The second kappa shape index (κ2) is 73.1. The molecular weight excluding hydrogens is 859 g/mol. The molecule has 0 saturated heterocycles. The van der Waals surface area contributed by atoms with Gasteiger partial charge in [0.2, 0.25) is 0 Å². The number of rotatable bonds is 21. The van der Waals surface area contributed by atoms with Crippen LogP contribution in [0.2, 0.25) is 0 Å². The molecule has 0 atom stereocenters.